The molecule has 2 N–H and O–H groups in total. The van der Waals surface area contributed by atoms with Crippen molar-refractivity contribution < 1.29 is 23.1 Å². The molecule has 1 aliphatic heterocycles. The van der Waals surface area contributed by atoms with E-state index in [-0.39, 0.29) is 36.0 Å². The summed E-state index contributed by atoms with van der Waals surface area (Å²) in [6.07, 6.45) is 1.12. The van der Waals surface area contributed by atoms with Crippen LogP contribution in [0.3, 0.4) is 0 Å². The highest BCUT2D eigenvalue weighted by molar-refractivity contribution is 7.91. The fourth-order valence-electron chi connectivity index (χ4n) is 2.24. The van der Waals surface area contributed by atoms with Gasteiger partial charge in [0.2, 0.25) is 5.91 Å². The molecule has 1 saturated heterocycles. The Morgan fingerprint density at radius 1 is 1.33 bits per heavy atom. The Balaban J connectivity index is 2.71. The number of sulfone groups is 1. The minimum Gasteiger partial charge on any atom is -0.480 e. The lowest BCUT2D eigenvalue weighted by Gasteiger charge is -2.29. The van der Waals surface area contributed by atoms with E-state index in [1.807, 2.05) is 20.8 Å². The van der Waals surface area contributed by atoms with Gasteiger partial charge in [-0.25, -0.2) is 8.42 Å². The number of hydrogen-bond donors (Lipinski definition) is 2. The molecule has 1 aliphatic rings. The van der Waals surface area contributed by atoms with E-state index >= 15 is 0 Å². The van der Waals surface area contributed by atoms with Crippen molar-refractivity contribution in [3.8, 4) is 0 Å². The first-order valence-corrected chi connectivity index (χ1v) is 8.84. The molecule has 122 valence electrons. The zero-order chi connectivity index (χ0) is 16.3. The lowest BCUT2D eigenvalue weighted by atomic mass is 10.0. The summed E-state index contributed by atoms with van der Waals surface area (Å²) in [5.74, 6) is -1.38. The SMILES string of the molecule is CCC(C)(C)NC(=O)CN(CC(=O)O)C1CCS(=O)(=O)C1. The van der Waals surface area contributed by atoms with Crippen LogP contribution in [0.15, 0.2) is 0 Å². The van der Waals surface area contributed by atoms with Crippen LogP contribution < -0.4 is 5.32 Å². The highest BCUT2D eigenvalue weighted by atomic mass is 32.2. The van der Waals surface area contributed by atoms with E-state index in [4.69, 9.17) is 5.11 Å². The largest absolute Gasteiger partial charge is 0.480 e. The average molecular weight is 320 g/mol. The van der Waals surface area contributed by atoms with E-state index < -0.39 is 21.8 Å². The van der Waals surface area contributed by atoms with Gasteiger partial charge < -0.3 is 10.4 Å². The normalized spacial score (nSPS) is 21.4. The van der Waals surface area contributed by atoms with E-state index in [9.17, 15) is 18.0 Å². The van der Waals surface area contributed by atoms with Gasteiger partial charge in [0.25, 0.3) is 0 Å². The Morgan fingerprint density at radius 3 is 2.38 bits per heavy atom. The number of hydrogen-bond acceptors (Lipinski definition) is 5. The molecule has 8 heteroatoms. The van der Waals surface area contributed by atoms with Gasteiger partial charge >= 0.3 is 5.97 Å². The Morgan fingerprint density at radius 2 is 1.95 bits per heavy atom. The average Bonchev–Trinajstić information content (AvgIpc) is 2.67. The number of nitrogens with one attached hydrogen (secondary N) is 1. The third-order valence-electron chi connectivity index (χ3n) is 3.77. The number of nitrogens with zero attached hydrogens (tertiary/aromatic N) is 1. The predicted molar refractivity (Wildman–Crippen MR) is 78.8 cm³/mol. The van der Waals surface area contributed by atoms with Crippen molar-refractivity contribution in [2.24, 2.45) is 0 Å². The maximum atomic E-state index is 12.0. The van der Waals surface area contributed by atoms with Crippen molar-refractivity contribution in [3.63, 3.8) is 0 Å². The zero-order valence-corrected chi connectivity index (χ0v) is 13.6. The van der Waals surface area contributed by atoms with Crippen LogP contribution in [0.1, 0.15) is 33.6 Å². The topological polar surface area (TPSA) is 104 Å². The first kappa shape index (κ1) is 17.9. The van der Waals surface area contributed by atoms with Gasteiger partial charge in [-0.3, -0.25) is 14.5 Å². The van der Waals surface area contributed by atoms with Crippen LogP contribution in [-0.2, 0) is 19.4 Å². The minimum absolute atomic E-state index is 0.0514. The molecule has 0 aromatic heterocycles. The zero-order valence-electron chi connectivity index (χ0n) is 12.8. The third kappa shape index (κ3) is 6.01. The van der Waals surface area contributed by atoms with E-state index in [0.717, 1.165) is 6.42 Å². The summed E-state index contributed by atoms with van der Waals surface area (Å²) in [6.45, 7) is 5.27. The van der Waals surface area contributed by atoms with Gasteiger partial charge in [0, 0.05) is 11.6 Å². The first-order valence-electron chi connectivity index (χ1n) is 7.02. The number of amides is 1. The molecule has 1 rings (SSSR count). The van der Waals surface area contributed by atoms with Crippen molar-refractivity contribution in [2.75, 3.05) is 24.6 Å². The van der Waals surface area contributed by atoms with Gasteiger partial charge in [0.05, 0.1) is 24.6 Å². The lowest BCUT2D eigenvalue weighted by Crippen LogP contribution is -2.50. The smallest absolute Gasteiger partial charge is 0.317 e. The lowest BCUT2D eigenvalue weighted by molar-refractivity contribution is -0.139. The summed E-state index contributed by atoms with van der Waals surface area (Å²) < 4.78 is 23.0. The predicted octanol–water partition coefficient (Wildman–Crippen LogP) is -0.135. The molecule has 1 fully saturated rings. The van der Waals surface area contributed by atoms with Crippen LogP contribution in [0.4, 0.5) is 0 Å². The molecule has 0 spiro atoms. The van der Waals surface area contributed by atoms with Crippen molar-refractivity contribution in [1.82, 2.24) is 10.2 Å². The molecule has 1 unspecified atom stereocenters. The van der Waals surface area contributed by atoms with Crippen molar-refractivity contribution >= 4 is 21.7 Å². The molecule has 0 aliphatic carbocycles. The fourth-order valence-corrected chi connectivity index (χ4v) is 4.00. The van der Waals surface area contributed by atoms with E-state index in [1.54, 1.807) is 0 Å². The molecule has 0 radical (unpaired) electrons. The van der Waals surface area contributed by atoms with Crippen LogP contribution in [0.5, 0.6) is 0 Å². The molecule has 1 amide bonds. The minimum atomic E-state index is -3.12. The summed E-state index contributed by atoms with van der Waals surface area (Å²) in [7, 11) is -3.12. The Labute approximate surface area is 125 Å². The number of carbonyl (C=O) groups excluding carboxylic acids is 1. The second kappa shape index (κ2) is 6.74. The van der Waals surface area contributed by atoms with Gasteiger partial charge in [-0.15, -0.1) is 0 Å². The number of rotatable bonds is 7. The standard InChI is InChI=1S/C13H24N2O5S/c1-4-13(2,3)14-11(16)7-15(8-12(17)18)10-5-6-21(19,20)9-10/h10H,4-9H2,1-3H3,(H,14,16)(H,17,18). The summed E-state index contributed by atoms with van der Waals surface area (Å²) >= 11 is 0. The Kier molecular flexibility index (Phi) is 5.75. The van der Waals surface area contributed by atoms with Crippen LogP contribution in [0, 0.1) is 0 Å². The third-order valence-corrected chi connectivity index (χ3v) is 5.52. The quantitative estimate of drug-likeness (QED) is 0.677. The number of carboxylic acids is 1. The summed E-state index contributed by atoms with van der Waals surface area (Å²) in [5.41, 5.74) is -0.367. The summed E-state index contributed by atoms with van der Waals surface area (Å²) in [6, 6.07) is -0.401. The number of carboxylic acid groups (broad SMARTS) is 1. The molecule has 7 nitrogen and oxygen atoms in total. The van der Waals surface area contributed by atoms with Crippen LogP contribution in [0.2, 0.25) is 0 Å². The van der Waals surface area contributed by atoms with Gasteiger partial charge in [-0.1, -0.05) is 6.92 Å². The van der Waals surface area contributed by atoms with E-state index in [1.165, 1.54) is 4.90 Å². The first-order chi connectivity index (χ1) is 9.54. The molecule has 1 atom stereocenters. The van der Waals surface area contributed by atoms with Crippen molar-refractivity contribution in [3.05, 3.63) is 0 Å². The van der Waals surface area contributed by atoms with Crippen molar-refractivity contribution in [1.29, 1.82) is 0 Å². The van der Waals surface area contributed by atoms with Crippen LogP contribution >= 0.6 is 0 Å². The maximum absolute atomic E-state index is 12.0. The Hall–Kier alpha value is -1.15. The molecular formula is C13H24N2O5S. The monoisotopic (exact) mass is 320 g/mol. The fraction of sp³-hybridized carbons (Fsp3) is 0.846. The van der Waals surface area contributed by atoms with Crippen molar-refractivity contribution in [2.45, 2.75) is 45.2 Å². The van der Waals surface area contributed by atoms with Crippen LogP contribution in [0.25, 0.3) is 0 Å². The second-order valence-electron chi connectivity index (χ2n) is 6.14. The Bertz CT molecular complexity index is 501. The molecule has 21 heavy (non-hydrogen) atoms. The van der Waals surface area contributed by atoms with E-state index in [0.29, 0.717) is 6.42 Å². The second-order valence-corrected chi connectivity index (χ2v) is 8.37. The molecular weight excluding hydrogens is 296 g/mol. The highest BCUT2D eigenvalue weighted by Gasteiger charge is 2.34. The molecule has 0 bridgehead atoms. The molecule has 0 aromatic carbocycles. The molecule has 0 aromatic rings. The number of carbonyl (C=O) groups is 2. The summed E-state index contributed by atoms with van der Waals surface area (Å²) in [5, 5.41) is 11.8. The summed E-state index contributed by atoms with van der Waals surface area (Å²) in [4.78, 5) is 24.4. The van der Waals surface area contributed by atoms with E-state index in [2.05, 4.69) is 5.32 Å². The maximum Gasteiger partial charge on any atom is 0.317 e. The van der Waals surface area contributed by atoms with Crippen LogP contribution in [-0.4, -0.2) is 66.5 Å². The molecule has 0 saturated carbocycles. The van der Waals surface area contributed by atoms with Gasteiger partial charge in [0.1, 0.15) is 0 Å². The van der Waals surface area contributed by atoms with Gasteiger partial charge in [0.15, 0.2) is 9.84 Å². The van der Waals surface area contributed by atoms with Gasteiger partial charge in [-0.2, -0.15) is 0 Å². The van der Waals surface area contributed by atoms with Gasteiger partial charge in [-0.05, 0) is 26.7 Å². The molecule has 1 heterocycles. The highest BCUT2D eigenvalue weighted by Crippen LogP contribution is 2.17. The number of aliphatic carboxylic acids is 1.